The van der Waals surface area contributed by atoms with Crippen LogP contribution in [0.1, 0.15) is 12.0 Å². The lowest BCUT2D eigenvalue weighted by atomic mass is 10.1. The first-order valence-electron chi connectivity index (χ1n) is 4.29. The number of anilines is 2. The van der Waals surface area contributed by atoms with E-state index in [1.165, 1.54) is 0 Å². The number of hydrogen-bond acceptors (Lipinski definition) is 4. The summed E-state index contributed by atoms with van der Waals surface area (Å²) in [5.74, 6) is 0.161. The third kappa shape index (κ3) is 3.35. The van der Waals surface area contributed by atoms with Crippen molar-refractivity contribution in [3.8, 4) is 0 Å². The summed E-state index contributed by atoms with van der Waals surface area (Å²) in [5.41, 5.74) is 13.5. The van der Waals surface area contributed by atoms with Crippen LogP contribution in [0.25, 0.3) is 0 Å². The number of nitrogens with two attached hydrogens (primary N) is 2. The third-order valence-corrected chi connectivity index (χ3v) is 2.55. The number of aryl methyl sites for hydroxylation is 1. The number of rotatable bonds is 4. The molecule has 4 nitrogen and oxygen atoms in total. The molecule has 0 spiro atoms. The average Bonchev–Trinajstić information content (AvgIpc) is 2.10. The minimum absolute atomic E-state index is 0.161. The maximum atomic E-state index is 10.3. The van der Waals surface area contributed by atoms with Crippen LogP contribution in [0.15, 0.2) is 18.2 Å². The Labute approximate surface area is 85.6 Å². The van der Waals surface area contributed by atoms with Gasteiger partial charge < -0.3 is 16.0 Å². The molecular formula is C9H13N2O2S-. The second kappa shape index (κ2) is 4.97. The zero-order chi connectivity index (χ0) is 10.6. The smallest absolute Gasteiger partial charge is 0.0348 e. The lowest BCUT2D eigenvalue weighted by molar-refractivity contribution is 0.535. The molecule has 0 heterocycles. The highest BCUT2D eigenvalue weighted by molar-refractivity contribution is 7.79. The molecule has 0 fully saturated rings. The van der Waals surface area contributed by atoms with E-state index in [1.807, 2.05) is 0 Å². The second-order valence-corrected chi connectivity index (χ2v) is 4.09. The molecule has 0 bridgehead atoms. The van der Waals surface area contributed by atoms with Crippen molar-refractivity contribution in [3.63, 3.8) is 0 Å². The SMILES string of the molecule is Nc1ccc(N)c(CCCS(=O)[O-])c1. The van der Waals surface area contributed by atoms with Gasteiger partial charge in [0, 0.05) is 17.1 Å². The molecule has 14 heavy (non-hydrogen) atoms. The molecule has 0 aliphatic rings. The van der Waals surface area contributed by atoms with Gasteiger partial charge in [-0.2, -0.15) is 0 Å². The Morgan fingerprint density at radius 3 is 2.71 bits per heavy atom. The normalized spacial score (nSPS) is 12.6. The van der Waals surface area contributed by atoms with Gasteiger partial charge in [0.25, 0.3) is 0 Å². The molecule has 78 valence electrons. The topological polar surface area (TPSA) is 92.2 Å². The molecule has 0 aromatic heterocycles. The molecule has 1 unspecified atom stereocenters. The first-order valence-corrected chi connectivity index (χ1v) is 5.53. The Kier molecular flexibility index (Phi) is 3.91. The van der Waals surface area contributed by atoms with E-state index in [0.717, 1.165) is 5.56 Å². The van der Waals surface area contributed by atoms with Crippen molar-refractivity contribution in [1.82, 2.24) is 0 Å². The summed E-state index contributed by atoms with van der Waals surface area (Å²) in [7, 11) is 0. The second-order valence-electron chi connectivity index (χ2n) is 3.07. The zero-order valence-electron chi connectivity index (χ0n) is 7.73. The highest BCUT2D eigenvalue weighted by Crippen LogP contribution is 2.17. The molecule has 0 aliphatic heterocycles. The van der Waals surface area contributed by atoms with Crippen LogP contribution in [-0.2, 0) is 17.5 Å². The van der Waals surface area contributed by atoms with E-state index in [-0.39, 0.29) is 5.75 Å². The number of benzene rings is 1. The van der Waals surface area contributed by atoms with Crippen molar-refractivity contribution >= 4 is 22.5 Å². The number of nitrogen functional groups attached to an aromatic ring is 2. The van der Waals surface area contributed by atoms with Crippen molar-refractivity contribution in [2.45, 2.75) is 12.8 Å². The van der Waals surface area contributed by atoms with Crippen LogP contribution in [-0.4, -0.2) is 14.5 Å². The monoisotopic (exact) mass is 213 g/mol. The van der Waals surface area contributed by atoms with E-state index in [1.54, 1.807) is 18.2 Å². The highest BCUT2D eigenvalue weighted by Gasteiger charge is 1.99. The van der Waals surface area contributed by atoms with Gasteiger partial charge in [-0.15, -0.1) is 0 Å². The molecule has 0 amide bonds. The molecule has 4 N–H and O–H groups in total. The quantitative estimate of drug-likeness (QED) is 0.567. The Morgan fingerprint density at radius 1 is 1.36 bits per heavy atom. The first kappa shape index (κ1) is 11.0. The molecule has 5 heteroatoms. The predicted octanol–water partition coefficient (Wildman–Crippen LogP) is 0.663. The summed E-state index contributed by atoms with van der Waals surface area (Å²) in [6.07, 6.45) is 1.22. The highest BCUT2D eigenvalue weighted by atomic mass is 32.2. The number of hydrogen-bond donors (Lipinski definition) is 2. The predicted molar refractivity (Wildman–Crippen MR) is 57.4 cm³/mol. The van der Waals surface area contributed by atoms with Gasteiger partial charge in [0.2, 0.25) is 0 Å². The fraction of sp³-hybridized carbons (Fsp3) is 0.333. The van der Waals surface area contributed by atoms with E-state index in [2.05, 4.69) is 0 Å². The van der Waals surface area contributed by atoms with Gasteiger partial charge in [0.05, 0.1) is 0 Å². The van der Waals surface area contributed by atoms with Crippen LogP contribution in [0.4, 0.5) is 11.4 Å². The van der Waals surface area contributed by atoms with Crippen molar-refractivity contribution in [3.05, 3.63) is 23.8 Å². The lowest BCUT2D eigenvalue weighted by Gasteiger charge is -2.07. The summed E-state index contributed by atoms with van der Waals surface area (Å²) < 4.78 is 20.6. The molecule has 0 radical (unpaired) electrons. The van der Waals surface area contributed by atoms with Crippen molar-refractivity contribution in [2.24, 2.45) is 0 Å². The van der Waals surface area contributed by atoms with Gasteiger partial charge in [-0.3, -0.25) is 4.21 Å². The maximum absolute atomic E-state index is 10.3. The summed E-state index contributed by atoms with van der Waals surface area (Å²) in [6, 6.07) is 5.24. The largest absolute Gasteiger partial charge is 0.772 e. The standard InChI is InChI=1S/C9H14N2O2S/c10-8-3-4-9(11)7(6-8)2-1-5-14(12)13/h3-4,6H,1-2,5,10-11H2,(H,12,13)/p-1. The van der Waals surface area contributed by atoms with Crippen molar-refractivity contribution in [1.29, 1.82) is 0 Å². The molecule has 1 aromatic rings. The van der Waals surface area contributed by atoms with Crippen LogP contribution in [0.5, 0.6) is 0 Å². The van der Waals surface area contributed by atoms with E-state index < -0.39 is 11.1 Å². The third-order valence-electron chi connectivity index (χ3n) is 1.92. The summed E-state index contributed by atoms with van der Waals surface area (Å²) in [6.45, 7) is 0. The van der Waals surface area contributed by atoms with E-state index >= 15 is 0 Å². The van der Waals surface area contributed by atoms with Crippen molar-refractivity contribution in [2.75, 3.05) is 17.2 Å². The van der Waals surface area contributed by atoms with Crippen LogP contribution in [0, 0.1) is 0 Å². The van der Waals surface area contributed by atoms with Crippen LogP contribution < -0.4 is 11.5 Å². The Morgan fingerprint density at radius 2 is 2.07 bits per heavy atom. The van der Waals surface area contributed by atoms with Crippen molar-refractivity contribution < 1.29 is 8.76 Å². The van der Waals surface area contributed by atoms with Gasteiger partial charge in [-0.05, 0) is 36.6 Å². The Bertz CT molecular complexity index is 342. The summed E-state index contributed by atoms with van der Waals surface area (Å²) in [5, 5.41) is 0. The zero-order valence-corrected chi connectivity index (χ0v) is 8.55. The maximum Gasteiger partial charge on any atom is 0.0348 e. The van der Waals surface area contributed by atoms with Crippen LogP contribution >= 0.6 is 0 Å². The fourth-order valence-electron chi connectivity index (χ4n) is 1.22. The van der Waals surface area contributed by atoms with E-state index in [4.69, 9.17) is 11.5 Å². The van der Waals surface area contributed by atoms with Gasteiger partial charge in [-0.25, -0.2) is 0 Å². The first-order chi connectivity index (χ1) is 6.59. The fourth-order valence-corrected chi connectivity index (χ4v) is 1.60. The molecule has 0 saturated carbocycles. The summed E-state index contributed by atoms with van der Waals surface area (Å²) in [4.78, 5) is 0. The lowest BCUT2D eigenvalue weighted by Crippen LogP contribution is -2.01. The summed E-state index contributed by atoms with van der Waals surface area (Å²) >= 11 is -1.97. The average molecular weight is 213 g/mol. The van der Waals surface area contributed by atoms with Crippen LogP contribution in [0.2, 0.25) is 0 Å². The van der Waals surface area contributed by atoms with Crippen LogP contribution in [0.3, 0.4) is 0 Å². The molecule has 1 rings (SSSR count). The van der Waals surface area contributed by atoms with E-state index in [0.29, 0.717) is 24.2 Å². The van der Waals surface area contributed by atoms with Gasteiger partial charge >= 0.3 is 0 Å². The van der Waals surface area contributed by atoms with Gasteiger partial charge in [-0.1, -0.05) is 11.1 Å². The molecular weight excluding hydrogens is 200 g/mol. The molecule has 1 atom stereocenters. The molecule has 1 aromatic carbocycles. The van der Waals surface area contributed by atoms with Gasteiger partial charge in [0.1, 0.15) is 0 Å². The molecule has 0 saturated heterocycles. The Hall–Kier alpha value is -1.07. The van der Waals surface area contributed by atoms with E-state index in [9.17, 15) is 8.76 Å². The minimum atomic E-state index is -1.97. The minimum Gasteiger partial charge on any atom is -0.772 e. The van der Waals surface area contributed by atoms with Gasteiger partial charge in [0.15, 0.2) is 0 Å². The Balaban J connectivity index is 2.57. The molecule has 0 aliphatic carbocycles.